The number of aromatic nitrogens is 2. The molecule has 0 saturated heterocycles. The molecule has 1 N–H and O–H groups in total. The molecule has 2 heterocycles. The zero-order valence-corrected chi connectivity index (χ0v) is 13.7. The van der Waals surface area contributed by atoms with Crippen molar-refractivity contribution in [3.05, 3.63) is 77.5 Å². The molecule has 2 unspecified atom stereocenters. The van der Waals surface area contributed by atoms with Crippen LogP contribution in [0.5, 0.6) is 0 Å². The Bertz CT molecular complexity index is 970. The summed E-state index contributed by atoms with van der Waals surface area (Å²) in [5.74, 6) is -0.746. The molecule has 0 fully saturated rings. The van der Waals surface area contributed by atoms with Crippen molar-refractivity contribution in [3.8, 4) is 11.8 Å². The number of benzene rings is 2. The van der Waals surface area contributed by atoms with Gasteiger partial charge in [0.15, 0.2) is 0 Å². The van der Waals surface area contributed by atoms with Gasteiger partial charge in [-0.3, -0.25) is 4.79 Å². The largest absolute Gasteiger partial charge is 0.309 e. The lowest BCUT2D eigenvalue weighted by Gasteiger charge is -2.28. The second-order valence-electron chi connectivity index (χ2n) is 6.08. The highest BCUT2D eigenvalue weighted by Gasteiger charge is 2.40. The van der Waals surface area contributed by atoms with Gasteiger partial charge in [0.25, 0.3) is 0 Å². The van der Waals surface area contributed by atoms with Crippen molar-refractivity contribution in [1.29, 1.82) is 5.26 Å². The number of hydrogen-bond acceptors (Lipinski definition) is 3. The van der Waals surface area contributed by atoms with Crippen LogP contribution in [0.1, 0.15) is 22.7 Å². The fourth-order valence-electron chi connectivity index (χ4n) is 3.45. The number of nitrogens with one attached hydrogen (secondary N) is 1. The Kier molecular flexibility index (Phi) is 3.58. The lowest BCUT2D eigenvalue weighted by atomic mass is 9.78. The molecule has 122 valence electrons. The highest BCUT2D eigenvalue weighted by atomic mass is 16.2. The van der Waals surface area contributed by atoms with Crippen LogP contribution in [0.4, 0.5) is 5.82 Å². The van der Waals surface area contributed by atoms with E-state index in [0.717, 1.165) is 22.5 Å². The molecule has 0 radical (unpaired) electrons. The van der Waals surface area contributed by atoms with E-state index < -0.39 is 5.92 Å². The Labute approximate surface area is 145 Å². The van der Waals surface area contributed by atoms with Crippen LogP contribution in [-0.4, -0.2) is 15.7 Å². The smallest absolute Gasteiger partial charge is 0.243 e. The van der Waals surface area contributed by atoms with E-state index in [1.165, 1.54) is 0 Å². The molecule has 25 heavy (non-hydrogen) atoms. The number of rotatable bonds is 2. The number of hydrogen-bond donors (Lipinski definition) is 1. The third kappa shape index (κ3) is 2.39. The first-order valence-corrected chi connectivity index (χ1v) is 8.11. The van der Waals surface area contributed by atoms with Crippen molar-refractivity contribution in [1.82, 2.24) is 9.78 Å². The molecule has 4 rings (SSSR count). The standard InChI is InChI=1S/C20H16N4O/c1-13-17-18(14-8-4-2-5-9-14)16(12-21)20(25)22-19(17)24(23-13)15-10-6-3-7-11-15/h2-11,16,18H,1H3,(H,22,25). The van der Waals surface area contributed by atoms with Crippen molar-refractivity contribution >= 4 is 11.7 Å². The summed E-state index contributed by atoms with van der Waals surface area (Å²) in [6.07, 6.45) is 0. The number of nitriles is 1. The van der Waals surface area contributed by atoms with E-state index in [1.807, 2.05) is 67.6 Å². The van der Waals surface area contributed by atoms with E-state index in [1.54, 1.807) is 4.68 Å². The predicted molar refractivity (Wildman–Crippen MR) is 94.3 cm³/mol. The minimum absolute atomic E-state index is 0.291. The molecule has 2 aromatic carbocycles. The summed E-state index contributed by atoms with van der Waals surface area (Å²) in [4.78, 5) is 12.6. The zero-order valence-electron chi connectivity index (χ0n) is 13.7. The molecule has 0 bridgehead atoms. The molecule has 0 saturated carbocycles. The molecule has 5 nitrogen and oxygen atoms in total. The van der Waals surface area contributed by atoms with Crippen LogP contribution >= 0.6 is 0 Å². The maximum absolute atomic E-state index is 12.6. The average molecular weight is 328 g/mol. The third-order valence-corrected chi connectivity index (χ3v) is 4.57. The fourth-order valence-corrected chi connectivity index (χ4v) is 3.45. The van der Waals surface area contributed by atoms with Gasteiger partial charge in [-0.15, -0.1) is 0 Å². The second-order valence-corrected chi connectivity index (χ2v) is 6.08. The topological polar surface area (TPSA) is 70.7 Å². The number of anilines is 1. The van der Waals surface area contributed by atoms with Gasteiger partial charge in [0, 0.05) is 11.5 Å². The van der Waals surface area contributed by atoms with Gasteiger partial charge in [0.2, 0.25) is 5.91 Å². The summed E-state index contributed by atoms with van der Waals surface area (Å²) < 4.78 is 1.74. The highest BCUT2D eigenvalue weighted by molar-refractivity contribution is 5.98. The van der Waals surface area contributed by atoms with Gasteiger partial charge in [-0.1, -0.05) is 48.5 Å². The zero-order chi connectivity index (χ0) is 17.4. The maximum atomic E-state index is 12.6. The molecular formula is C20H16N4O. The fraction of sp³-hybridized carbons (Fsp3) is 0.150. The first kappa shape index (κ1) is 15.2. The van der Waals surface area contributed by atoms with Gasteiger partial charge in [-0.25, -0.2) is 4.68 Å². The van der Waals surface area contributed by atoms with Crippen LogP contribution in [0.3, 0.4) is 0 Å². The van der Waals surface area contributed by atoms with E-state index in [0.29, 0.717) is 5.82 Å². The first-order chi connectivity index (χ1) is 12.2. The molecular weight excluding hydrogens is 312 g/mol. The van der Waals surface area contributed by atoms with Crippen molar-refractivity contribution in [2.45, 2.75) is 12.8 Å². The van der Waals surface area contributed by atoms with E-state index in [-0.39, 0.29) is 11.8 Å². The van der Waals surface area contributed by atoms with Crippen LogP contribution in [-0.2, 0) is 4.79 Å². The number of para-hydroxylation sites is 1. The molecule has 0 aliphatic carbocycles. The van der Waals surface area contributed by atoms with Crippen LogP contribution in [0, 0.1) is 24.2 Å². The molecule has 5 heteroatoms. The van der Waals surface area contributed by atoms with Gasteiger partial charge >= 0.3 is 0 Å². The number of aryl methyl sites for hydroxylation is 1. The van der Waals surface area contributed by atoms with E-state index in [9.17, 15) is 10.1 Å². The van der Waals surface area contributed by atoms with Gasteiger partial charge in [-0.05, 0) is 24.6 Å². The van der Waals surface area contributed by atoms with Crippen molar-refractivity contribution in [2.75, 3.05) is 5.32 Å². The minimum Gasteiger partial charge on any atom is -0.309 e. The molecule has 1 aromatic heterocycles. The summed E-state index contributed by atoms with van der Waals surface area (Å²) in [5.41, 5.74) is 3.53. The van der Waals surface area contributed by atoms with Crippen molar-refractivity contribution < 1.29 is 4.79 Å². The normalized spacial score (nSPS) is 19.0. The van der Waals surface area contributed by atoms with Gasteiger partial charge in [0.05, 0.1) is 17.5 Å². The van der Waals surface area contributed by atoms with E-state index >= 15 is 0 Å². The quantitative estimate of drug-likeness (QED) is 0.783. The molecule has 1 aliphatic rings. The van der Waals surface area contributed by atoms with Gasteiger partial charge < -0.3 is 5.32 Å². The van der Waals surface area contributed by atoms with E-state index in [4.69, 9.17) is 0 Å². The molecule has 0 spiro atoms. The van der Waals surface area contributed by atoms with Crippen molar-refractivity contribution in [2.24, 2.45) is 5.92 Å². The van der Waals surface area contributed by atoms with Crippen LogP contribution in [0.2, 0.25) is 0 Å². The summed E-state index contributed by atoms with van der Waals surface area (Å²) in [6, 6.07) is 21.5. The summed E-state index contributed by atoms with van der Waals surface area (Å²) in [6.45, 7) is 1.92. The maximum Gasteiger partial charge on any atom is 0.243 e. The molecule has 3 aromatic rings. The van der Waals surface area contributed by atoms with Crippen LogP contribution in [0.15, 0.2) is 60.7 Å². The Morgan fingerprint density at radius 3 is 2.36 bits per heavy atom. The minimum atomic E-state index is -0.776. The summed E-state index contributed by atoms with van der Waals surface area (Å²) >= 11 is 0. The highest BCUT2D eigenvalue weighted by Crippen LogP contribution is 2.42. The van der Waals surface area contributed by atoms with Crippen LogP contribution in [0.25, 0.3) is 5.69 Å². The number of nitrogens with zero attached hydrogens (tertiary/aromatic N) is 3. The molecule has 2 atom stereocenters. The Balaban J connectivity index is 1.95. The van der Waals surface area contributed by atoms with Gasteiger partial charge in [0.1, 0.15) is 11.7 Å². The van der Waals surface area contributed by atoms with E-state index in [2.05, 4.69) is 16.5 Å². The summed E-state index contributed by atoms with van der Waals surface area (Å²) in [7, 11) is 0. The molecule has 1 aliphatic heterocycles. The average Bonchev–Trinajstić information content (AvgIpc) is 2.98. The number of amides is 1. The SMILES string of the molecule is Cc1nn(-c2ccccc2)c2c1C(c1ccccc1)C(C#N)C(=O)N2. The number of fused-ring (bicyclic) bond motifs is 1. The lowest BCUT2D eigenvalue weighted by Crippen LogP contribution is -2.34. The number of carbonyl (C=O) groups excluding carboxylic acids is 1. The Morgan fingerprint density at radius 2 is 1.72 bits per heavy atom. The molecule has 1 amide bonds. The van der Waals surface area contributed by atoms with Gasteiger partial charge in [-0.2, -0.15) is 10.4 Å². The summed E-state index contributed by atoms with van der Waals surface area (Å²) in [5, 5.41) is 17.1. The first-order valence-electron chi connectivity index (χ1n) is 8.11. The predicted octanol–water partition coefficient (Wildman–Crippen LogP) is 3.40. The Morgan fingerprint density at radius 1 is 1.08 bits per heavy atom. The lowest BCUT2D eigenvalue weighted by molar-refractivity contribution is -0.119. The van der Waals surface area contributed by atoms with Crippen LogP contribution < -0.4 is 5.32 Å². The third-order valence-electron chi connectivity index (χ3n) is 4.57. The monoisotopic (exact) mass is 328 g/mol. The Hall–Kier alpha value is -3.39. The number of carbonyl (C=O) groups is 1. The van der Waals surface area contributed by atoms with Crippen molar-refractivity contribution in [3.63, 3.8) is 0 Å². The second kappa shape index (κ2) is 5.91.